The van der Waals surface area contributed by atoms with Crippen LogP contribution in [0.4, 0.5) is 24.7 Å². The average molecular weight is 630 g/mol. The summed E-state index contributed by atoms with van der Waals surface area (Å²) in [4.78, 5) is 38.2. The van der Waals surface area contributed by atoms with Crippen molar-refractivity contribution in [3.8, 4) is 17.0 Å². The molecule has 10 nitrogen and oxygen atoms in total. The Morgan fingerprint density at radius 1 is 1.05 bits per heavy atom. The third kappa shape index (κ3) is 5.76. The van der Waals surface area contributed by atoms with Crippen LogP contribution in [0.1, 0.15) is 22.3 Å². The number of ether oxygens (including phenoxy) is 1. The van der Waals surface area contributed by atoms with E-state index in [-0.39, 0.29) is 48.5 Å². The lowest BCUT2D eigenvalue weighted by Gasteiger charge is -2.36. The lowest BCUT2D eigenvalue weighted by Crippen LogP contribution is -2.54. The molecule has 2 amide bonds. The third-order valence-electron chi connectivity index (χ3n) is 7.94. The summed E-state index contributed by atoms with van der Waals surface area (Å²) in [6.07, 6.45) is 3.74. The molecule has 44 heavy (non-hydrogen) atoms. The van der Waals surface area contributed by atoms with Crippen LogP contribution in [0.5, 0.6) is 5.75 Å². The SMILES string of the molecule is COc1ccc(-c2cnc3c(Nc4ccc(C(=O)N5CCN(C(=O)[C@@H]6C[C@@H](F)CN6)CC5)c(C)c4)nccn23)c(F)c1F.Cl. The van der Waals surface area contributed by atoms with Crippen molar-refractivity contribution in [1.82, 2.24) is 29.5 Å². The molecule has 2 aliphatic rings. The van der Waals surface area contributed by atoms with E-state index in [1.165, 1.54) is 31.6 Å². The predicted octanol–water partition coefficient (Wildman–Crippen LogP) is 4.14. The number of aryl methyl sites for hydroxylation is 1. The van der Waals surface area contributed by atoms with Crippen molar-refractivity contribution in [3.63, 3.8) is 0 Å². The summed E-state index contributed by atoms with van der Waals surface area (Å²) in [6, 6.07) is 7.59. The predicted molar refractivity (Wildman–Crippen MR) is 160 cm³/mol. The first kappa shape index (κ1) is 31.1. The number of carbonyl (C=O) groups excluding carboxylic acids is 2. The Hall–Kier alpha value is -4.36. The second-order valence-corrected chi connectivity index (χ2v) is 10.6. The van der Waals surface area contributed by atoms with E-state index in [1.54, 1.807) is 32.5 Å². The molecule has 2 aromatic carbocycles. The molecule has 2 aliphatic heterocycles. The Labute approximate surface area is 257 Å². The number of benzene rings is 2. The van der Waals surface area contributed by atoms with Gasteiger partial charge < -0.3 is 25.2 Å². The van der Waals surface area contributed by atoms with Crippen LogP contribution in [0.3, 0.4) is 0 Å². The summed E-state index contributed by atoms with van der Waals surface area (Å²) < 4.78 is 49.2. The Bertz CT molecular complexity index is 1710. The van der Waals surface area contributed by atoms with Gasteiger partial charge in [-0.25, -0.2) is 18.7 Å². The molecule has 2 fully saturated rings. The fourth-order valence-electron chi connectivity index (χ4n) is 5.61. The normalized spacial score (nSPS) is 18.3. The Morgan fingerprint density at radius 2 is 1.80 bits per heavy atom. The van der Waals surface area contributed by atoms with Crippen molar-refractivity contribution in [2.45, 2.75) is 25.6 Å². The van der Waals surface area contributed by atoms with Crippen molar-refractivity contribution in [2.24, 2.45) is 0 Å². The van der Waals surface area contributed by atoms with E-state index < -0.39 is 23.8 Å². The molecule has 0 bridgehead atoms. The third-order valence-corrected chi connectivity index (χ3v) is 7.94. The molecule has 2 saturated heterocycles. The molecular weight excluding hydrogens is 599 g/mol. The van der Waals surface area contributed by atoms with Crippen molar-refractivity contribution in [3.05, 3.63) is 71.7 Å². The molecule has 0 unspecified atom stereocenters. The number of aromatic nitrogens is 3. The number of fused-ring (bicyclic) bond motifs is 1. The van der Waals surface area contributed by atoms with Gasteiger partial charge in [-0.2, -0.15) is 4.39 Å². The van der Waals surface area contributed by atoms with E-state index >= 15 is 0 Å². The maximum Gasteiger partial charge on any atom is 0.254 e. The summed E-state index contributed by atoms with van der Waals surface area (Å²) in [6.45, 7) is 3.60. The number of alkyl halides is 1. The van der Waals surface area contributed by atoms with Gasteiger partial charge in [0.2, 0.25) is 11.7 Å². The van der Waals surface area contributed by atoms with Gasteiger partial charge in [-0.15, -0.1) is 12.4 Å². The molecule has 0 spiro atoms. The van der Waals surface area contributed by atoms with Crippen molar-refractivity contribution in [2.75, 3.05) is 45.2 Å². The zero-order valence-electron chi connectivity index (χ0n) is 24.0. The number of hydrogen-bond donors (Lipinski definition) is 2. The fraction of sp³-hybridized carbons (Fsp3) is 0.333. The highest BCUT2D eigenvalue weighted by atomic mass is 35.5. The highest BCUT2D eigenvalue weighted by Gasteiger charge is 2.34. The van der Waals surface area contributed by atoms with Crippen LogP contribution in [0.15, 0.2) is 48.9 Å². The van der Waals surface area contributed by atoms with Crippen molar-refractivity contribution >= 4 is 41.4 Å². The first-order valence-electron chi connectivity index (χ1n) is 13.9. The molecule has 2 N–H and O–H groups in total. The number of imidazole rings is 1. The number of hydrogen-bond acceptors (Lipinski definition) is 7. The Kier molecular flexibility index (Phi) is 8.97. The second kappa shape index (κ2) is 12.7. The van der Waals surface area contributed by atoms with Crippen molar-refractivity contribution < 1.29 is 27.5 Å². The van der Waals surface area contributed by atoms with Crippen LogP contribution in [0, 0.1) is 18.6 Å². The van der Waals surface area contributed by atoms with Gasteiger partial charge in [0.05, 0.1) is 25.0 Å². The minimum Gasteiger partial charge on any atom is -0.494 e. The van der Waals surface area contributed by atoms with Gasteiger partial charge >= 0.3 is 0 Å². The molecule has 4 aromatic rings. The number of halogens is 4. The summed E-state index contributed by atoms with van der Waals surface area (Å²) in [5.41, 5.74) is 2.69. The van der Waals surface area contributed by atoms with Gasteiger partial charge in [-0.3, -0.25) is 14.0 Å². The van der Waals surface area contributed by atoms with Crippen LogP contribution in [-0.4, -0.2) is 88.0 Å². The molecule has 232 valence electrons. The number of piperazine rings is 1. The fourth-order valence-corrected chi connectivity index (χ4v) is 5.61. The van der Waals surface area contributed by atoms with Crippen LogP contribution >= 0.6 is 12.4 Å². The molecule has 2 atom stereocenters. The number of nitrogens with zero attached hydrogens (tertiary/aromatic N) is 5. The van der Waals surface area contributed by atoms with E-state index in [4.69, 9.17) is 4.74 Å². The van der Waals surface area contributed by atoms with Gasteiger partial charge in [0.15, 0.2) is 23.0 Å². The van der Waals surface area contributed by atoms with Crippen LogP contribution in [-0.2, 0) is 4.79 Å². The Balaban J connectivity index is 0.00000384. The summed E-state index contributed by atoms with van der Waals surface area (Å²) in [5, 5.41) is 6.13. The van der Waals surface area contributed by atoms with Gasteiger partial charge in [-0.1, -0.05) is 0 Å². The topological polar surface area (TPSA) is 104 Å². The van der Waals surface area contributed by atoms with Gasteiger partial charge in [-0.05, 0) is 42.8 Å². The summed E-state index contributed by atoms with van der Waals surface area (Å²) in [5.74, 6) is -2.18. The molecular formula is C30H31ClF3N7O3. The number of carbonyl (C=O) groups is 2. The number of amides is 2. The minimum atomic E-state index is -1.08. The van der Waals surface area contributed by atoms with Gasteiger partial charge in [0.1, 0.15) is 6.17 Å². The van der Waals surface area contributed by atoms with E-state index in [0.717, 1.165) is 5.56 Å². The number of anilines is 2. The van der Waals surface area contributed by atoms with Crippen LogP contribution < -0.4 is 15.4 Å². The van der Waals surface area contributed by atoms with Gasteiger partial charge in [0, 0.05) is 68.4 Å². The first-order valence-corrected chi connectivity index (χ1v) is 13.9. The number of methoxy groups -OCH3 is 1. The van der Waals surface area contributed by atoms with Gasteiger partial charge in [0.25, 0.3) is 5.91 Å². The van der Waals surface area contributed by atoms with Crippen molar-refractivity contribution in [1.29, 1.82) is 0 Å². The molecule has 4 heterocycles. The highest BCUT2D eigenvalue weighted by Crippen LogP contribution is 2.32. The molecule has 14 heteroatoms. The number of rotatable bonds is 6. The quantitative estimate of drug-likeness (QED) is 0.330. The average Bonchev–Trinajstić information content (AvgIpc) is 3.65. The molecule has 6 rings (SSSR count). The number of nitrogens with one attached hydrogen (secondary N) is 2. The maximum atomic E-state index is 14.8. The largest absolute Gasteiger partial charge is 0.494 e. The summed E-state index contributed by atoms with van der Waals surface area (Å²) >= 11 is 0. The zero-order chi connectivity index (χ0) is 30.2. The smallest absolute Gasteiger partial charge is 0.254 e. The monoisotopic (exact) mass is 629 g/mol. The first-order chi connectivity index (χ1) is 20.7. The zero-order valence-corrected chi connectivity index (χ0v) is 24.8. The van der Waals surface area contributed by atoms with E-state index in [2.05, 4.69) is 20.6 Å². The summed E-state index contributed by atoms with van der Waals surface area (Å²) in [7, 11) is 1.27. The van der Waals surface area contributed by atoms with Crippen LogP contribution in [0.25, 0.3) is 16.9 Å². The Morgan fingerprint density at radius 3 is 2.48 bits per heavy atom. The molecule has 2 aromatic heterocycles. The van der Waals surface area contributed by atoms with E-state index in [9.17, 15) is 22.8 Å². The standard InChI is InChI=1S/C30H30F3N7O3.ClH/c1-17-13-19(3-4-20(17)29(41)38-9-11-39(12-10-38)30(42)22-14-18(31)15-35-22)37-27-28-36-16-23(40(28)8-7-34-27)21-5-6-24(43-2)26(33)25(21)32;/h3-8,13,16,18,22,35H,9-12,14-15H2,1-2H3,(H,34,37);1H/t18-,22+;/m1./s1. The highest BCUT2D eigenvalue weighted by molar-refractivity contribution is 5.96. The van der Waals surface area contributed by atoms with Crippen LogP contribution in [0.2, 0.25) is 0 Å². The molecule has 0 aliphatic carbocycles. The molecule has 0 radical (unpaired) electrons. The van der Waals surface area contributed by atoms with E-state index in [1.807, 2.05) is 13.0 Å². The van der Waals surface area contributed by atoms with E-state index in [0.29, 0.717) is 54.6 Å². The molecule has 0 saturated carbocycles. The maximum absolute atomic E-state index is 14.8. The minimum absolute atomic E-state index is 0. The lowest BCUT2D eigenvalue weighted by molar-refractivity contribution is -0.134. The second-order valence-electron chi connectivity index (χ2n) is 10.6. The lowest BCUT2D eigenvalue weighted by atomic mass is 10.1.